The first-order chi connectivity index (χ1) is 32.3. The summed E-state index contributed by atoms with van der Waals surface area (Å²) in [4.78, 5) is 0. The first-order valence-corrected chi connectivity index (χ1v) is 22.8. The van der Waals surface area contributed by atoms with Crippen LogP contribution in [0, 0.1) is 0 Å². The van der Waals surface area contributed by atoms with Crippen LogP contribution in [-0.2, 0) is 5.41 Å². The van der Waals surface area contributed by atoms with Crippen molar-refractivity contribution in [3.05, 3.63) is 265 Å². The number of hydrogen-bond donors (Lipinski definition) is 0. The highest BCUT2D eigenvalue weighted by molar-refractivity contribution is 6.26. The zero-order valence-corrected chi connectivity index (χ0v) is 35.6. The molecule has 0 nitrogen and oxygen atoms in total. The van der Waals surface area contributed by atoms with Crippen molar-refractivity contribution < 1.29 is 0 Å². The van der Waals surface area contributed by atoms with Crippen molar-refractivity contribution in [2.24, 2.45) is 0 Å². The Kier molecular flexibility index (Phi) is 7.71. The average molecular weight is 821 g/mol. The summed E-state index contributed by atoms with van der Waals surface area (Å²) in [5.74, 6) is 0. The Morgan fingerprint density at radius 2 is 0.646 bits per heavy atom. The molecule has 300 valence electrons. The standard InChI is InChI=1S/C65H40/c1-3-20-44(21-4-1)65(45-22-5-2-6-23-45)63-47-37-36-43(39-42(47)35-38-58(63)62-52-29-13-11-26-49(52)50-27-12-18-34-57(50)64(62)65)60-53-30-14-16-32-55(53)61(56-33-17-15-31-54(56)60)59-40-41-19-7-8-24-46(41)48-25-9-10-28-51(48)59/h1-40H. The van der Waals surface area contributed by atoms with Crippen molar-refractivity contribution in [1.29, 1.82) is 0 Å². The maximum atomic E-state index is 2.47. The molecule has 0 N–H and O–H groups in total. The lowest BCUT2D eigenvalue weighted by Gasteiger charge is -2.35. The van der Waals surface area contributed by atoms with Crippen molar-refractivity contribution in [2.45, 2.75) is 5.41 Å². The van der Waals surface area contributed by atoms with Crippen LogP contribution in [0.15, 0.2) is 243 Å². The van der Waals surface area contributed by atoms with E-state index in [1.807, 2.05) is 0 Å². The van der Waals surface area contributed by atoms with Crippen molar-refractivity contribution in [3.8, 4) is 33.4 Å². The molecule has 0 saturated carbocycles. The fourth-order valence-corrected chi connectivity index (χ4v) is 12.1. The fourth-order valence-electron chi connectivity index (χ4n) is 12.1. The Bertz CT molecular complexity index is 4010. The van der Waals surface area contributed by atoms with Gasteiger partial charge in [-0.15, -0.1) is 0 Å². The second-order valence-corrected chi connectivity index (χ2v) is 17.8. The third kappa shape index (κ3) is 4.97. The molecule has 13 aromatic carbocycles. The number of hydrogen-bond acceptors (Lipinski definition) is 0. The van der Waals surface area contributed by atoms with Gasteiger partial charge in [0.05, 0.1) is 5.41 Å². The first-order valence-electron chi connectivity index (χ1n) is 22.8. The van der Waals surface area contributed by atoms with Gasteiger partial charge in [-0.1, -0.05) is 231 Å². The Balaban J connectivity index is 1.09. The predicted octanol–water partition coefficient (Wildman–Crippen LogP) is 17.5. The molecule has 0 aromatic heterocycles. The van der Waals surface area contributed by atoms with Gasteiger partial charge in [0.2, 0.25) is 0 Å². The van der Waals surface area contributed by atoms with Crippen molar-refractivity contribution in [2.75, 3.05) is 0 Å². The minimum atomic E-state index is -0.582. The monoisotopic (exact) mass is 820 g/mol. The van der Waals surface area contributed by atoms with E-state index in [0.717, 1.165) is 0 Å². The smallest absolute Gasteiger partial charge is 0.0622 e. The van der Waals surface area contributed by atoms with Gasteiger partial charge in [-0.05, 0) is 143 Å². The summed E-state index contributed by atoms with van der Waals surface area (Å²) in [5.41, 5.74) is 12.4. The van der Waals surface area contributed by atoms with E-state index in [-0.39, 0.29) is 0 Å². The highest BCUT2D eigenvalue weighted by atomic mass is 14.5. The maximum absolute atomic E-state index is 2.47. The molecule has 0 radical (unpaired) electrons. The third-order valence-corrected chi connectivity index (χ3v) is 14.6. The van der Waals surface area contributed by atoms with Gasteiger partial charge < -0.3 is 0 Å². The molecule has 0 heterocycles. The molecule has 0 spiro atoms. The summed E-state index contributed by atoms with van der Waals surface area (Å²) in [6.07, 6.45) is 0. The largest absolute Gasteiger partial charge is 0.0725 e. The normalized spacial score (nSPS) is 13.0. The zero-order chi connectivity index (χ0) is 42.6. The van der Waals surface area contributed by atoms with Crippen LogP contribution in [0.3, 0.4) is 0 Å². The Labute approximate surface area is 377 Å². The topological polar surface area (TPSA) is 0 Å². The molecule has 0 heteroatoms. The highest BCUT2D eigenvalue weighted by Crippen LogP contribution is 2.62. The molecule has 0 unspecified atom stereocenters. The highest BCUT2D eigenvalue weighted by Gasteiger charge is 2.49. The second-order valence-electron chi connectivity index (χ2n) is 17.8. The molecule has 13 aromatic rings. The Morgan fingerprint density at radius 3 is 1.25 bits per heavy atom. The lowest BCUT2D eigenvalue weighted by atomic mass is 9.65. The third-order valence-electron chi connectivity index (χ3n) is 14.6. The lowest BCUT2D eigenvalue weighted by Crippen LogP contribution is -2.29. The van der Waals surface area contributed by atoms with Gasteiger partial charge in [0.25, 0.3) is 0 Å². The van der Waals surface area contributed by atoms with Crippen molar-refractivity contribution in [1.82, 2.24) is 0 Å². The van der Waals surface area contributed by atoms with E-state index in [2.05, 4.69) is 243 Å². The van der Waals surface area contributed by atoms with E-state index in [9.17, 15) is 0 Å². The van der Waals surface area contributed by atoms with Crippen LogP contribution in [-0.4, -0.2) is 0 Å². The summed E-state index contributed by atoms with van der Waals surface area (Å²) >= 11 is 0. The van der Waals surface area contributed by atoms with Crippen molar-refractivity contribution >= 4 is 75.4 Å². The van der Waals surface area contributed by atoms with E-state index in [4.69, 9.17) is 0 Å². The predicted molar refractivity (Wildman–Crippen MR) is 277 cm³/mol. The number of fused-ring (bicyclic) bond motifs is 15. The van der Waals surface area contributed by atoms with Crippen LogP contribution < -0.4 is 0 Å². The molecule has 0 saturated heterocycles. The summed E-state index contributed by atoms with van der Waals surface area (Å²) in [6.45, 7) is 0. The summed E-state index contributed by atoms with van der Waals surface area (Å²) in [7, 11) is 0. The molecule has 1 aliphatic carbocycles. The molecule has 0 amide bonds. The molecule has 65 heavy (non-hydrogen) atoms. The van der Waals surface area contributed by atoms with Crippen molar-refractivity contribution in [3.63, 3.8) is 0 Å². The fraction of sp³-hybridized carbons (Fsp3) is 0.0154. The van der Waals surface area contributed by atoms with E-state index >= 15 is 0 Å². The van der Waals surface area contributed by atoms with Crippen LogP contribution in [0.25, 0.3) is 109 Å². The van der Waals surface area contributed by atoms with Gasteiger partial charge in [-0.2, -0.15) is 0 Å². The molecular formula is C65H40. The SMILES string of the molecule is c1ccc(C2(c3ccccc3)c3c(ccc4cc(-c5c6ccccc6c(-c6cc7ccccc7c7ccccc67)c6ccccc56)ccc34)-c3c2c2ccccc2c2ccccc32)cc1. The van der Waals surface area contributed by atoms with Crippen LogP contribution >= 0.6 is 0 Å². The maximum Gasteiger partial charge on any atom is 0.0725 e. The van der Waals surface area contributed by atoms with E-state index < -0.39 is 5.41 Å². The lowest BCUT2D eigenvalue weighted by molar-refractivity contribution is 0.783. The van der Waals surface area contributed by atoms with Crippen LogP contribution in [0.4, 0.5) is 0 Å². The summed E-state index contributed by atoms with van der Waals surface area (Å²) in [6, 6.07) is 91.1. The Hall–Kier alpha value is -8.32. The Morgan fingerprint density at radius 1 is 0.215 bits per heavy atom. The van der Waals surface area contributed by atoms with Gasteiger partial charge in [-0.25, -0.2) is 0 Å². The molecule has 0 aliphatic heterocycles. The van der Waals surface area contributed by atoms with Gasteiger partial charge in [0.15, 0.2) is 0 Å². The molecule has 14 rings (SSSR count). The van der Waals surface area contributed by atoms with E-state index in [0.29, 0.717) is 0 Å². The number of rotatable bonds is 4. The molecule has 0 bridgehead atoms. The van der Waals surface area contributed by atoms with E-state index in [1.165, 1.54) is 131 Å². The molecule has 1 aliphatic rings. The second kappa shape index (κ2) is 13.8. The molecule has 0 fully saturated rings. The van der Waals surface area contributed by atoms with E-state index in [1.54, 1.807) is 0 Å². The van der Waals surface area contributed by atoms with Gasteiger partial charge >= 0.3 is 0 Å². The summed E-state index contributed by atoms with van der Waals surface area (Å²) < 4.78 is 0. The first kappa shape index (κ1) is 36.2. The number of benzene rings is 13. The van der Waals surface area contributed by atoms with Crippen LogP contribution in [0.1, 0.15) is 22.3 Å². The summed E-state index contributed by atoms with van der Waals surface area (Å²) in [5, 5.41) is 17.8. The van der Waals surface area contributed by atoms with Gasteiger partial charge in [-0.3, -0.25) is 0 Å². The van der Waals surface area contributed by atoms with Gasteiger partial charge in [0.1, 0.15) is 0 Å². The zero-order valence-electron chi connectivity index (χ0n) is 35.6. The van der Waals surface area contributed by atoms with Crippen LogP contribution in [0.2, 0.25) is 0 Å². The van der Waals surface area contributed by atoms with Gasteiger partial charge in [0, 0.05) is 0 Å². The average Bonchev–Trinajstić information content (AvgIpc) is 3.71. The quantitative estimate of drug-likeness (QED) is 0.123. The van der Waals surface area contributed by atoms with Crippen LogP contribution in [0.5, 0.6) is 0 Å². The molecule has 0 atom stereocenters. The molecular weight excluding hydrogens is 781 g/mol. The minimum Gasteiger partial charge on any atom is -0.0622 e. The minimum absolute atomic E-state index is 0.582.